The minimum atomic E-state index is -0.827. The number of fused-ring (bicyclic) bond motifs is 1. The zero-order chi connectivity index (χ0) is 23.8. The van der Waals surface area contributed by atoms with Gasteiger partial charge < -0.3 is 19.9 Å². The van der Waals surface area contributed by atoms with Crippen molar-refractivity contribution in [1.82, 2.24) is 9.88 Å². The van der Waals surface area contributed by atoms with Crippen molar-refractivity contribution in [2.24, 2.45) is 0 Å². The molecule has 0 aliphatic rings. The van der Waals surface area contributed by atoms with Gasteiger partial charge in [0.2, 0.25) is 5.91 Å². The van der Waals surface area contributed by atoms with E-state index >= 15 is 0 Å². The number of allylic oxidation sites excluding steroid dienone is 1. The average Bonchev–Trinajstić information content (AvgIpc) is 3.21. The quantitative estimate of drug-likeness (QED) is 0.338. The molecule has 34 heavy (non-hydrogen) atoms. The number of para-hydroxylation sites is 2. The van der Waals surface area contributed by atoms with Gasteiger partial charge in [-0.1, -0.05) is 72.8 Å². The number of alkyl carbamates (subject to hydrolysis) is 1. The lowest BCUT2D eigenvalue weighted by Gasteiger charge is -2.18. The Morgan fingerprint density at radius 3 is 2.35 bits per heavy atom. The second-order valence-corrected chi connectivity index (χ2v) is 7.93. The number of nitrogens with one attached hydrogen (secondary N) is 2. The molecular formula is C28H27N3O3. The van der Waals surface area contributed by atoms with E-state index in [4.69, 9.17) is 4.74 Å². The fourth-order valence-electron chi connectivity index (χ4n) is 3.86. The minimum Gasteiger partial charge on any atom is -0.445 e. The third kappa shape index (κ3) is 5.72. The molecule has 1 atom stereocenters. The third-order valence-electron chi connectivity index (χ3n) is 5.48. The fourth-order valence-corrected chi connectivity index (χ4v) is 3.86. The lowest BCUT2D eigenvalue weighted by molar-refractivity contribution is -0.118. The van der Waals surface area contributed by atoms with Crippen LogP contribution >= 0.6 is 0 Å². The third-order valence-corrected chi connectivity index (χ3v) is 5.48. The van der Waals surface area contributed by atoms with Gasteiger partial charge in [0.15, 0.2) is 0 Å². The molecule has 0 bridgehead atoms. The van der Waals surface area contributed by atoms with Gasteiger partial charge in [-0.2, -0.15) is 0 Å². The first kappa shape index (κ1) is 22.9. The van der Waals surface area contributed by atoms with Crippen LogP contribution < -0.4 is 10.6 Å². The Labute approximate surface area is 198 Å². The van der Waals surface area contributed by atoms with Crippen LogP contribution in [0.5, 0.6) is 0 Å². The fraction of sp³-hybridized carbons (Fsp3) is 0.143. The summed E-state index contributed by atoms with van der Waals surface area (Å²) in [6, 6.07) is 25.7. The molecule has 1 aromatic heterocycles. The molecule has 6 heteroatoms. The predicted molar refractivity (Wildman–Crippen MR) is 134 cm³/mol. The van der Waals surface area contributed by atoms with E-state index in [0.717, 1.165) is 22.0 Å². The van der Waals surface area contributed by atoms with Crippen molar-refractivity contribution in [3.8, 4) is 0 Å². The largest absolute Gasteiger partial charge is 0.445 e. The number of aromatic nitrogens is 1. The van der Waals surface area contributed by atoms with Crippen molar-refractivity contribution in [2.75, 3.05) is 5.32 Å². The molecule has 0 saturated carbocycles. The molecule has 6 nitrogen and oxygen atoms in total. The first-order valence-electron chi connectivity index (χ1n) is 11.1. The second-order valence-electron chi connectivity index (χ2n) is 7.93. The molecule has 2 N–H and O–H groups in total. The highest BCUT2D eigenvalue weighted by Crippen LogP contribution is 2.23. The van der Waals surface area contributed by atoms with Crippen molar-refractivity contribution < 1.29 is 14.3 Å². The van der Waals surface area contributed by atoms with Crippen LogP contribution in [0, 0.1) is 0 Å². The van der Waals surface area contributed by atoms with Gasteiger partial charge >= 0.3 is 6.09 Å². The van der Waals surface area contributed by atoms with Gasteiger partial charge in [0, 0.05) is 35.8 Å². The number of carbonyl (C=O) groups is 2. The Balaban J connectivity index is 1.54. The molecule has 1 unspecified atom stereocenters. The van der Waals surface area contributed by atoms with E-state index in [1.165, 1.54) is 0 Å². The Bertz CT molecular complexity index is 1270. The van der Waals surface area contributed by atoms with Crippen LogP contribution in [0.3, 0.4) is 0 Å². The van der Waals surface area contributed by atoms with Gasteiger partial charge in [0.05, 0.1) is 0 Å². The van der Waals surface area contributed by atoms with Crippen molar-refractivity contribution in [3.63, 3.8) is 0 Å². The lowest BCUT2D eigenvalue weighted by atomic mass is 10.0. The average molecular weight is 454 g/mol. The number of hydrogen-bond donors (Lipinski definition) is 2. The zero-order valence-electron chi connectivity index (χ0n) is 18.8. The summed E-state index contributed by atoms with van der Waals surface area (Å²) in [6.45, 7) is 4.60. The summed E-state index contributed by atoms with van der Waals surface area (Å²) in [5, 5.41) is 6.68. The molecule has 0 fully saturated rings. The van der Waals surface area contributed by atoms with E-state index < -0.39 is 12.1 Å². The molecule has 3 aromatic carbocycles. The van der Waals surface area contributed by atoms with E-state index in [2.05, 4.69) is 21.8 Å². The van der Waals surface area contributed by atoms with Gasteiger partial charge in [-0.05, 0) is 29.3 Å². The maximum Gasteiger partial charge on any atom is 0.408 e. The molecule has 0 saturated heterocycles. The van der Waals surface area contributed by atoms with E-state index in [0.29, 0.717) is 18.7 Å². The molecule has 0 aliphatic heterocycles. The Kier molecular flexibility index (Phi) is 7.40. The standard InChI is InChI=1S/C28H27N3O3/c1-2-17-31-19-22(24-15-9-10-16-26(24)31)18-25(27(32)29-23-13-7-4-8-14-23)30-28(33)34-20-21-11-5-3-6-12-21/h2-16,19,25H,1,17-18,20H2,(H,29,32)(H,30,33). The maximum absolute atomic E-state index is 13.2. The minimum absolute atomic E-state index is 0.123. The van der Waals surface area contributed by atoms with Crippen LogP contribution in [0.15, 0.2) is 104 Å². The highest BCUT2D eigenvalue weighted by molar-refractivity contribution is 5.97. The summed E-state index contributed by atoms with van der Waals surface area (Å²) in [7, 11) is 0. The van der Waals surface area contributed by atoms with Crippen LogP contribution in [0.2, 0.25) is 0 Å². The van der Waals surface area contributed by atoms with E-state index in [1.807, 2.05) is 85.1 Å². The van der Waals surface area contributed by atoms with Crippen LogP contribution in [0.4, 0.5) is 10.5 Å². The number of amides is 2. The van der Waals surface area contributed by atoms with Gasteiger partial charge in [0.1, 0.15) is 12.6 Å². The molecule has 172 valence electrons. The van der Waals surface area contributed by atoms with Crippen LogP contribution in [0.25, 0.3) is 10.9 Å². The first-order valence-corrected chi connectivity index (χ1v) is 11.1. The number of anilines is 1. The number of ether oxygens (including phenoxy) is 1. The van der Waals surface area contributed by atoms with E-state index in [-0.39, 0.29) is 12.5 Å². The van der Waals surface area contributed by atoms with Crippen LogP contribution in [-0.4, -0.2) is 22.6 Å². The van der Waals surface area contributed by atoms with E-state index in [9.17, 15) is 9.59 Å². The summed E-state index contributed by atoms with van der Waals surface area (Å²) in [5.41, 5.74) is 3.53. The second kappa shape index (κ2) is 11.0. The van der Waals surface area contributed by atoms with Gasteiger partial charge in [-0.15, -0.1) is 6.58 Å². The predicted octanol–water partition coefficient (Wildman–Crippen LogP) is 5.30. The number of rotatable bonds is 9. The summed E-state index contributed by atoms with van der Waals surface area (Å²) < 4.78 is 7.46. The molecule has 1 heterocycles. The number of carbonyl (C=O) groups excluding carboxylic acids is 2. The lowest BCUT2D eigenvalue weighted by Crippen LogP contribution is -2.45. The molecule has 0 radical (unpaired) electrons. The highest BCUT2D eigenvalue weighted by Gasteiger charge is 2.24. The van der Waals surface area contributed by atoms with Crippen molar-refractivity contribution in [1.29, 1.82) is 0 Å². The van der Waals surface area contributed by atoms with Crippen molar-refractivity contribution >= 4 is 28.6 Å². The van der Waals surface area contributed by atoms with Crippen molar-refractivity contribution in [2.45, 2.75) is 25.6 Å². The van der Waals surface area contributed by atoms with Gasteiger partial charge in [-0.25, -0.2) is 4.79 Å². The summed E-state index contributed by atoms with van der Waals surface area (Å²) in [6.07, 6.45) is 3.50. The molecule has 0 aliphatic carbocycles. The molecule has 4 rings (SSSR count). The monoisotopic (exact) mass is 453 g/mol. The maximum atomic E-state index is 13.2. The molecule has 2 amide bonds. The van der Waals surface area contributed by atoms with Crippen LogP contribution in [0.1, 0.15) is 11.1 Å². The molecular weight excluding hydrogens is 426 g/mol. The topological polar surface area (TPSA) is 72.4 Å². The van der Waals surface area contributed by atoms with Crippen LogP contribution in [-0.2, 0) is 29.1 Å². The number of hydrogen-bond acceptors (Lipinski definition) is 3. The summed E-state index contributed by atoms with van der Waals surface area (Å²) in [5.74, 6) is -0.316. The smallest absolute Gasteiger partial charge is 0.408 e. The molecule has 0 spiro atoms. The first-order chi connectivity index (χ1) is 16.6. The number of nitrogens with zero attached hydrogens (tertiary/aromatic N) is 1. The Morgan fingerprint density at radius 1 is 0.941 bits per heavy atom. The van der Waals surface area contributed by atoms with Gasteiger partial charge in [0.25, 0.3) is 0 Å². The Morgan fingerprint density at radius 2 is 1.62 bits per heavy atom. The highest BCUT2D eigenvalue weighted by atomic mass is 16.5. The normalized spacial score (nSPS) is 11.5. The summed E-state index contributed by atoms with van der Waals surface area (Å²) >= 11 is 0. The zero-order valence-corrected chi connectivity index (χ0v) is 18.8. The SMILES string of the molecule is C=CCn1cc(CC(NC(=O)OCc2ccccc2)C(=O)Nc2ccccc2)c2ccccc21. The Hall–Kier alpha value is -4.32. The number of benzene rings is 3. The molecule has 4 aromatic rings. The summed E-state index contributed by atoms with van der Waals surface area (Å²) in [4.78, 5) is 25.8. The van der Waals surface area contributed by atoms with E-state index in [1.54, 1.807) is 12.1 Å². The van der Waals surface area contributed by atoms with Gasteiger partial charge in [-0.3, -0.25) is 4.79 Å². The van der Waals surface area contributed by atoms with Crippen molar-refractivity contribution in [3.05, 3.63) is 115 Å².